The summed E-state index contributed by atoms with van der Waals surface area (Å²) in [6.45, 7) is 6.62. The highest BCUT2D eigenvalue weighted by molar-refractivity contribution is 6.30. The third kappa shape index (κ3) is 4.12. The molecule has 1 aliphatic heterocycles. The second-order valence-corrected chi connectivity index (χ2v) is 7.26. The number of carbonyl (C=O) groups excluding carboxylic acids is 1. The Kier molecular flexibility index (Phi) is 4.99. The van der Waals surface area contributed by atoms with Crippen LogP contribution >= 0.6 is 11.6 Å². The van der Waals surface area contributed by atoms with Crippen molar-refractivity contribution in [1.82, 2.24) is 15.0 Å². The minimum Gasteiger partial charge on any atom is -0.478 e. The first-order chi connectivity index (χ1) is 11.8. The zero-order valence-electron chi connectivity index (χ0n) is 14.7. The molecule has 0 unspecified atom stereocenters. The van der Waals surface area contributed by atoms with E-state index >= 15 is 0 Å². The van der Waals surface area contributed by atoms with Gasteiger partial charge in [0.2, 0.25) is 5.89 Å². The topological polar surface area (TPSA) is 68.5 Å². The molecule has 7 heteroatoms. The van der Waals surface area contributed by atoms with Crippen molar-refractivity contribution < 1.29 is 14.1 Å². The van der Waals surface area contributed by atoms with Crippen LogP contribution in [-0.2, 0) is 4.79 Å². The molecule has 3 rings (SSSR count). The van der Waals surface area contributed by atoms with E-state index in [0.717, 1.165) is 12.8 Å². The minimum atomic E-state index is -0.969. The van der Waals surface area contributed by atoms with Gasteiger partial charge in [-0.1, -0.05) is 16.8 Å². The Morgan fingerprint density at radius 2 is 2.08 bits per heavy atom. The third-order valence-corrected chi connectivity index (χ3v) is 4.57. The summed E-state index contributed by atoms with van der Waals surface area (Å²) in [4.78, 5) is 19.1. The van der Waals surface area contributed by atoms with Crippen LogP contribution in [0.4, 0.5) is 0 Å². The zero-order valence-corrected chi connectivity index (χ0v) is 15.4. The van der Waals surface area contributed by atoms with Gasteiger partial charge in [0, 0.05) is 31.0 Å². The van der Waals surface area contributed by atoms with Crippen molar-refractivity contribution in [2.24, 2.45) is 0 Å². The molecular formula is C18H22ClN3O3. The quantitative estimate of drug-likeness (QED) is 0.830. The molecule has 2 heterocycles. The first kappa shape index (κ1) is 17.7. The van der Waals surface area contributed by atoms with Gasteiger partial charge in [0.1, 0.15) is 5.75 Å². The van der Waals surface area contributed by atoms with Gasteiger partial charge >= 0.3 is 0 Å². The first-order valence-electron chi connectivity index (χ1n) is 8.39. The van der Waals surface area contributed by atoms with E-state index < -0.39 is 5.60 Å². The summed E-state index contributed by atoms with van der Waals surface area (Å²) < 4.78 is 11.0. The largest absolute Gasteiger partial charge is 0.478 e. The lowest BCUT2D eigenvalue weighted by molar-refractivity contribution is -0.146. The van der Waals surface area contributed by atoms with Gasteiger partial charge in [0.15, 0.2) is 11.4 Å². The number of nitrogens with zero attached hydrogens (tertiary/aromatic N) is 3. The number of hydrogen-bond acceptors (Lipinski definition) is 5. The van der Waals surface area contributed by atoms with Crippen molar-refractivity contribution in [3.8, 4) is 5.75 Å². The zero-order chi connectivity index (χ0) is 18.0. The normalized spacial score (nSPS) is 18.2. The number of rotatable bonds is 4. The van der Waals surface area contributed by atoms with E-state index in [1.54, 1.807) is 45.0 Å². The fourth-order valence-corrected chi connectivity index (χ4v) is 3.20. The van der Waals surface area contributed by atoms with E-state index in [1.807, 2.05) is 4.90 Å². The summed E-state index contributed by atoms with van der Waals surface area (Å²) in [5.74, 6) is 1.88. The van der Waals surface area contributed by atoms with Gasteiger partial charge in [0.05, 0.1) is 0 Å². The highest BCUT2D eigenvalue weighted by Crippen LogP contribution is 2.28. The monoisotopic (exact) mass is 363 g/mol. The van der Waals surface area contributed by atoms with Gasteiger partial charge < -0.3 is 14.2 Å². The molecule has 1 aliphatic rings. The van der Waals surface area contributed by atoms with Gasteiger partial charge in [0.25, 0.3) is 5.91 Å². The summed E-state index contributed by atoms with van der Waals surface area (Å²) in [7, 11) is 0. The molecule has 6 nitrogen and oxygen atoms in total. The van der Waals surface area contributed by atoms with Crippen LogP contribution in [0.2, 0.25) is 5.02 Å². The lowest BCUT2D eigenvalue weighted by Crippen LogP contribution is -2.51. The Hall–Kier alpha value is -2.08. The van der Waals surface area contributed by atoms with Gasteiger partial charge in [-0.2, -0.15) is 4.98 Å². The third-order valence-electron chi connectivity index (χ3n) is 4.32. The SMILES string of the molecule is Cc1nc([C@H]2CCCN(C(=O)C(C)(C)Oc3ccc(Cl)cc3)C2)no1. The van der Waals surface area contributed by atoms with Crippen LogP contribution in [0.15, 0.2) is 28.8 Å². The number of halogens is 1. The molecule has 1 saturated heterocycles. The smallest absolute Gasteiger partial charge is 0.266 e. The average molecular weight is 364 g/mol. The molecule has 2 aromatic rings. The number of hydrogen-bond donors (Lipinski definition) is 0. The van der Waals surface area contributed by atoms with Crippen molar-refractivity contribution in [2.75, 3.05) is 13.1 Å². The molecule has 1 fully saturated rings. The standard InChI is InChI=1S/C18H22ClN3O3/c1-12-20-16(21-25-12)13-5-4-10-22(11-13)17(23)18(2,3)24-15-8-6-14(19)7-9-15/h6-9,13H,4-5,10-11H2,1-3H3/t13-/m0/s1. The van der Waals surface area contributed by atoms with Crippen LogP contribution < -0.4 is 4.74 Å². The molecule has 0 aliphatic carbocycles. The minimum absolute atomic E-state index is 0.0487. The Morgan fingerprint density at radius 1 is 1.36 bits per heavy atom. The average Bonchev–Trinajstić information content (AvgIpc) is 3.03. The molecular weight excluding hydrogens is 342 g/mol. The summed E-state index contributed by atoms with van der Waals surface area (Å²) in [6, 6.07) is 7.01. The number of amides is 1. The lowest BCUT2D eigenvalue weighted by atomic mass is 9.95. The van der Waals surface area contributed by atoms with Crippen molar-refractivity contribution in [1.29, 1.82) is 0 Å². The fourth-order valence-electron chi connectivity index (χ4n) is 3.07. The van der Waals surface area contributed by atoms with E-state index in [4.69, 9.17) is 20.9 Å². The predicted octanol–water partition coefficient (Wildman–Crippen LogP) is 3.60. The van der Waals surface area contributed by atoms with Crippen LogP contribution in [-0.4, -0.2) is 39.6 Å². The van der Waals surface area contributed by atoms with Crippen LogP contribution in [0.3, 0.4) is 0 Å². The molecule has 134 valence electrons. The lowest BCUT2D eigenvalue weighted by Gasteiger charge is -2.36. The summed E-state index contributed by atoms with van der Waals surface area (Å²) in [5.41, 5.74) is -0.969. The molecule has 1 aromatic carbocycles. The molecule has 0 saturated carbocycles. The predicted molar refractivity (Wildman–Crippen MR) is 93.7 cm³/mol. The fraction of sp³-hybridized carbons (Fsp3) is 0.500. The van der Waals surface area contributed by atoms with Crippen molar-refractivity contribution in [2.45, 2.75) is 45.1 Å². The van der Waals surface area contributed by atoms with Crippen LogP contribution in [0, 0.1) is 6.92 Å². The molecule has 0 spiro atoms. The van der Waals surface area contributed by atoms with Crippen molar-refractivity contribution in [3.63, 3.8) is 0 Å². The Labute approximate surface area is 152 Å². The molecule has 1 amide bonds. The summed E-state index contributed by atoms with van der Waals surface area (Å²) in [6.07, 6.45) is 1.85. The maximum Gasteiger partial charge on any atom is 0.266 e. The highest BCUT2D eigenvalue weighted by atomic mass is 35.5. The van der Waals surface area contributed by atoms with E-state index in [2.05, 4.69) is 10.1 Å². The molecule has 1 aromatic heterocycles. The summed E-state index contributed by atoms with van der Waals surface area (Å²) >= 11 is 5.89. The summed E-state index contributed by atoms with van der Waals surface area (Å²) in [5, 5.41) is 4.63. The van der Waals surface area contributed by atoms with Crippen LogP contribution in [0.5, 0.6) is 5.75 Å². The maximum atomic E-state index is 13.0. The second kappa shape index (κ2) is 7.04. The Balaban J connectivity index is 1.69. The van der Waals surface area contributed by atoms with E-state index in [9.17, 15) is 4.79 Å². The Morgan fingerprint density at radius 3 is 2.72 bits per heavy atom. The maximum absolute atomic E-state index is 13.0. The van der Waals surface area contributed by atoms with Crippen LogP contribution in [0.25, 0.3) is 0 Å². The number of aromatic nitrogens is 2. The number of ether oxygens (including phenoxy) is 1. The van der Waals surface area contributed by atoms with E-state index in [-0.39, 0.29) is 11.8 Å². The number of benzene rings is 1. The number of carbonyl (C=O) groups is 1. The van der Waals surface area contributed by atoms with Crippen molar-refractivity contribution in [3.05, 3.63) is 41.0 Å². The molecule has 0 N–H and O–H groups in total. The molecule has 0 radical (unpaired) electrons. The van der Waals surface area contributed by atoms with Gasteiger partial charge in [-0.25, -0.2) is 0 Å². The van der Waals surface area contributed by atoms with E-state index in [1.165, 1.54) is 0 Å². The first-order valence-corrected chi connectivity index (χ1v) is 8.77. The number of piperidine rings is 1. The molecule has 1 atom stereocenters. The van der Waals surface area contributed by atoms with Crippen LogP contribution in [0.1, 0.15) is 44.3 Å². The highest BCUT2D eigenvalue weighted by Gasteiger charge is 2.37. The molecule has 25 heavy (non-hydrogen) atoms. The van der Waals surface area contributed by atoms with Gasteiger partial charge in [-0.3, -0.25) is 4.79 Å². The van der Waals surface area contributed by atoms with Gasteiger partial charge in [-0.05, 0) is 51.0 Å². The van der Waals surface area contributed by atoms with Crippen molar-refractivity contribution >= 4 is 17.5 Å². The number of aryl methyl sites for hydroxylation is 1. The second-order valence-electron chi connectivity index (χ2n) is 6.83. The number of likely N-dealkylation sites (tertiary alicyclic amines) is 1. The van der Waals surface area contributed by atoms with Gasteiger partial charge in [-0.15, -0.1) is 0 Å². The van der Waals surface area contributed by atoms with E-state index in [0.29, 0.717) is 35.6 Å². The molecule has 0 bridgehead atoms. The Bertz CT molecular complexity index is 742.